The van der Waals surface area contributed by atoms with E-state index in [1.807, 2.05) is 12.4 Å². The Morgan fingerprint density at radius 1 is 1.35 bits per heavy atom. The minimum atomic E-state index is 0.224. The Bertz CT molecular complexity index is 340. The van der Waals surface area contributed by atoms with Crippen molar-refractivity contribution < 1.29 is 0 Å². The van der Waals surface area contributed by atoms with Crippen molar-refractivity contribution in [1.29, 1.82) is 0 Å². The molecule has 0 saturated heterocycles. The highest BCUT2D eigenvalue weighted by atomic mass is 14.9. The lowest BCUT2D eigenvalue weighted by Crippen LogP contribution is -2.39. The van der Waals surface area contributed by atoms with Gasteiger partial charge in [0.15, 0.2) is 0 Å². The van der Waals surface area contributed by atoms with Crippen molar-refractivity contribution in [2.75, 3.05) is 6.54 Å². The number of nitrogens with one attached hydrogen (secondary N) is 1. The van der Waals surface area contributed by atoms with Crippen LogP contribution in [0.4, 0.5) is 0 Å². The van der Waals surface area contributed by atoms with Crippen LogP contribution in [0.25, 0.3) is 0 Å². The molecule has 1 N–H and O–H groups in total. The third-order valence-corrected chi connectivity index (χ3v) is 3.67. The molecule has 1 aliphatic carbocycles. The smallest absolute Gasteiger partial charge is 0.0302 e. The molecule has 0 spiro atoms. The van der Waals surface area contributed by atoms with Gasteiger partial charge >= 0.3 is 0 Å². The first-order valence-electron chi connectivity index (χ1n) is 6.71. The molecule has 94 valence electrons. The van der Waals surface area contributed by atoms with Gasteiger partial charge in [0.05, 0.1) is 0 Å². The molecule has 1 saturated carbocycles. The van der Waals surface area contributed by atoms with Crippen LogP contribution in [0.5, 0.6) is 0 Å². The van der Waals surface area contributed by atoms with Crippen molar-refractivity contribution in [3.63, 3.8) is 0 Å². The summed E-state index contributed by atoms with van der Waals surface area (Å²) in [6.45, 7) is 7.84. The van der Waals surface area contributed by atoms with Gasteiger partial charge in [0.2, 0.25) is 0 Å². The predicted molar refractivity (Wildman–Crippen MR) is 72.1 cm³/mol. The second-order valence-corrected chi connectivity index (χ2v) is 6.21. The molecule has 1 aromatic rings. The van der Waals surface area contributed by atoms with E-state index in [1.165, 1.54) is 24.8 Å². The van der Waals surface area contributed by atoms with Crippen molar-refractivity contribution >= 4 is 0 Å². The number of nitrogens with zero attached hydrogens (tertiary/aromatic N) is 1. The van der Waals surface area contributed by atoms with Crippen LogP contribution < -0.4 is 5.32 Å². The van der Waals surface area contributed by atoms with Crippen LogP contribution in [0.3, 0.4) is 0 Å². The van der Waals surface area contributed by atoms with E-state index in [4.69, 9.17) is 0 Å². The highest BCUT2D eigenvalue weighted by Crippen LogP contribution is 2.39. The summed E-state index contributed by atoms with van der Waals surface area (Å²) in [4.78, 5) is 4.25. The first-order valence-corrected chi connectivity index (χ1v) is 6.71. The maximum absolute atomic E-state index is 4.25. The van der Waals surface area contributed by atoms with E-state index in [9.17, 15) is 0 Å². The second kappa shape index (κ2) is 5.18. The first kappa shape index (κ1) is 12.6. The number of pyridine rings is 1. The number of rotatable bonds is 3. The summed E-state index contributed by atoms with van der Waals surface area (Å²) < 4.78 is 0. The highest BCUT2D eigenvalue weighted by molar-refractivity contribution is 5.17. The topological polar surface area (TPSA) is 24.9 Å². The predicted octanol–water partition coefficient (Wildman–Crippen LogP) is 3.35. The molecule has 1 heterocycles. The Balaban J connectivity index is 1.98. The fourth-order valence-corrected chi connectivity index (χ4v) is 2.75. The van der Waals surface area contributed by atoms with Gasteiger partial charge in [0, 0.05) is 17.9 Å². The van der Waals surface area contributed by atoms with Gasteiger partial charge in [-0.3, -0.25) is 4.98 Å². The van der Waals surface area contributed by atoms with E-state index >= 15 is 0 Å². The summed E-state index contributed by atoms with van der Waals surface area (Å²) in [6, 6.07) is 4.29. The average molecular weight is 232 g/mol. The molecule has 1 aliphatic rings. The van der Waals surface area contributed by atoms with E-state index in [-0.39, 0.29) is 5.54 Å². The van der Waals surface area contributed by atoms with Crippen molar-refractivity contribution in [3.05, 3.63) is 30.1 Å². The van der Waals surface area contributed by atoms with Crippen molar-refractivity contribution in [2.45, 2.75) is 51.5 Å². The van der Waals surface area contributed by atoms with E-state index in [0.717, 1.165) is 12.5 Å². The first-order chi connectivity index (χ1) is 8.06. The van der Waals surface area contributed by atoms with Crippen molar-refractivity contribution in [2.24, 2.45) is 5.92 Å². The van der Waals surface area contributed by atoms with Gasteiger partial charge in [-0.1, -0.05) is 12.5 Å². The molecule has 17 heavy (non-hydrogen) atoms. The maximum Gasteiger partial charge on any atom is 0.0302 e. The van der Waals surface area contributed by atoms with Gasteiger partial charge < -0.3 is 5.32 Å². The second-order valence-electron chi connectivity index (χ2n) is 6.21. The number of aromatic nitrogens is 1. The zero-order valence-electron chi connectivity index (χ0n) is 11.2. The Labute approximate surface area is 105 Å². The largest absolute Gasteiger partial charge is 0.312 e. The standard InChI is InChI=1S/C15H24N2/c1-15(2,3)17-11-13-6-4-8-14(13)12-7-5-9-16-10-12/h5,7,9-10,13-14,17H,4,6,8,11H2,1-3H3. The van der Waals surface area contributed by atoms with Crippen LogP contribution >= 0.6 is 0 Å². The van der Waals surface area contributed by atoms with E-state index in [0.29, 0.717) is 5.92 Å². The summed E-state index contributed by atoms with van der Waals surface area (Å²) in [7, 11) is 0. The summed E-state index contributed by atoms with van der Waals surface area (Å²) in [6.07, 6.45) is 7.93. The average Bonchev–Trinajstić information content (AvgIpc) is 2.75. The molecule has 2 heteroatoms. The molecule has 2 rings (SSSR count). The number of hydrogen-bond acceptors (Lipinski definition) is 2. The molecule has 1 aromatic heterocycles. The molecule has 2 nitrogen and oxygen atoms in total. The molecule has 2 unspecified atom stereocenters. The monoisotopic (exact) mass is 232 g/mol. The zero-order valence-corrected chi connectivity index (χ0v) is 11.2. The van der Waals surface area contributed by atoms with Crippen LogP contribution in [0.15, 0.2) is 24.5 Å². The Kier molecular flexibility index (Phi) is 3.82. The van der Waals surface area contributed by atoms with Crippen LogP contribution in [0, 0.1) is 5.92 Å². The Morgan fingerprint density at radius 2 is 2.18 bits per heavy atom. The number of hydrogen-bond donors (Lipinski definition) is 1. The lowest BCUT2D eigenvalue weighted by atomic mass is 9.89. The zero-order chi connectivity index (χ0) is 12.3. The van der Waals surface area contributed by atoms with Crippen molar-refractivity contribution in [3.8, 4) is 0 Å². The minimum absolute atomic E-state index is 0.224. The minimum Gasteiger partial charge on any atom is -0.312 e. The molecule has 1 fully saturated rings. The van der Waals surface area contributed by atoms with E-state index in [2.05, 4.69) is 43.2 Å². The van der Waals surface area contributed by atoms with Crippen LogP contribution in [-0.2, 0) is 0 Å². The van der Waals surface area contributed by atoms with Crippen LogP contribution in [-0.4, -0.2) is 17.1 Å². The molecule has 0 aromatic carbocycles. The lowest BCUT2D eigenvalue weighted by Gasteiger charge is -2.26. The molecular weight excluding hydrogens is 208 g/mol. The summed E-state index contributed by atoms with van der Waals surface area (Å²) in [5.41, 5.74) is 1.65. The van der Waals surface area contributed by atoms with Gasteiger partial charge in [-0.05, 0) is 63.6 Å². The molecule has 2 atom stereocenters. The summed E-state index contributed by atoms with van der Waals surface area (Å²) in [5.74, 6) is 1.48. The van der Waals surface area contributed by atoms with Crippen LogP contribution in [0.1, 0.15) is 51.5 Å². The molecule has 0 radical (unpaired) electrons. The summed E-state index contributed by atoms with van der Waals surface area (Å²) >= 11 is 0. The van der Waals surface area contributed by atoms with Gasteiger partial charge in [0.25, 0.3) is 0 Å². The van der Waals surface area contributed by atoms with Gasteiger partial charge in [-0.15, -0.1) is 0 Å². The van der Waals surface area contributed by atoms with E-state index < -0.39 is 0 Å². The van der Waals surface area contributed by atoms with E-state index in [1.54, 1.807) is 0 Å². The van der Waals surface area contributed by atoms with Gasteiger partial charge in [-0.2, -0.15) is 0 Å². The fourth-order valence-electron chi connectivity index (χ4n) is 2.75. The third kappa shape index (κ3) is 3.53. The van der Waals surface area contributed by atoms with Gasteiger partial charge in [0.1, 0.15) is 0 Å². The Hall–Kier alpha value is -0.890. The van der Waals surface area contributed by atoms with Gasteiger partial charge in [-0.25, -0.2) is 0 Å². The highest BCUT2D eigenvalue weighted by Gasteiger charge is 2.29. The molecule has 0 aliphatic heterocycles. The molecule has 0 amide bonds. The van der Waals surface area contributed by atoms with Crippen LogP contribution in [0.2, 0.25) is 0 Å². The quantitative estimate of drug-likeness (QED) is 0.864. The molecular formula is C15H24N2. The third-order valence-electron chi connectivity index (χ3n) is 3.67. The lowest BCUT2D eigenvalue weighted by molar-refractivity contribution is 0.356. The summed E-state index contributed by atoms with van der Waals surface area (Å²) in [5, 5.41) is 3.64. The SMILES string of the molecule is CC(C)(C)NCC1CCCC1c1cccnc1. The Morgan fingerprint density at radius 3 is 2.82 bits per heavy atom. The maximum atomic E-state index is 4.25. The fraction of sp³-hybridized carbons (Fsp3) is 0.667. The normalized spacial score (nSPS) is 25.1. The molecule has 0 bridgehead atoms. The van der Waals surface area contributed by atoms with Crippen molar-refractivity contribution in [1.82, 2.24) is 10.3 Å².